The van der Waals surface area contributed by atoms with Crippen LogP contribution < -0.4 is 14.8 Å². The molecule has 0 aliphatic carbocycles. The van der Waals surface area contributed by atoms with Gasteiger partial charge < -0.3 is 10.1 Å². The molecule has 0 aliphatic heterocycles. The number of methoxy groups -OCH3 is 1. The largest absolute Gasteiger partial charge is 0.497 e. The van der Waals surface area contributed by atoms with Gasteiger partial charge in [0, 0.05) is 6.54 Å². The van der Waals surface area contributed by atoms with Crippen LogP contribution >= 0.6 is 0 Å². The van der Waals surface area contributed by atoms with Crippen LogP contribution in [0.15, 0.2) is 47.5 Å². The molecule has 0 bridgehead atoms. The summed E-state index contributed by atoms with van der Waals surface area (Å²) >= 11 is 0. The molecular weight excluding hydrogens is 302 g/mol. The minimum absolute atomic E-state index is 0.156. The smallest absolute Gasteiger partial charge is 0.263 e. The molecule has 2 rings (SSSR count). The molecule has 1 heterocycles. The minimum atomic E-state index is -3.66. The van der Waals surface area contributed by atoms with Gasteiger partial charge in [-0.2, -0.15) is 0 Å². The van der Waals surface area contributed by atoms with Crippen molar-refractivity contribution in [1.82, 2.24) is 4.98 Å². The molecule has 1 aromatic carbocycles. The Kier molecular flexibility index (Phi) is 5.21. The maximum atomic E-state index is 12.3. The fraction of sp³-hybridized carbons (Fsp3) is 0.267. The van der Waals surface area contributed by atoms with E-state index in [1.165, 1.54) is 19.2 Å². The van der Waals surface area contributed by atoms with E-state index in [0.29, 0.717) is 5.75 Å². The SMILES string of the molecule is CCCNc1ccc(NS(=O)(=O)c2ccc(OC)cc2)nc1. The molecule has 0 saturated carbocycles. The van der Waals surface area contributed by atoms with Gasteiger partial charge in [-0.05, 0) is 42.8 Å². The molecule has 0 saturated heterocycles. The Morgan fingerprint density at radius 2 is 1.86 bits per heavy atom. The molecule has 118 valence electrons. The third-order valence-corrected chi connectivity index (χ3v) is 4.32. The Balaban J connectivity index is 2.10. The quantitative estimate of drug-likeness (QED) is 0.819. The van der Waals surface area contributed by atoms with Crippen LogP contribution in [0.1, 0.15) is 13.3 Å². The summed E-state index contributed by atoms with van der Waals surface area (Å²) in [5.74, 6) is 0.876. The molecule has 1 aromatic heterocycles. The molecule has 0 unspecified atom stereocenters. The van der Waals surface area contributed by atoms with Gasteiger partial charge in [-0.1, -0.05) is 6.92 Å². The number of pyridine rings is 1. The first kappa shape index (κ1) is 16.1. The van der Waals surface area contributed by atoms with E-state index in [-0.39, 0.29) is 10.7 Å². The molecule has 0 radical (unpaired) electrons. The van der Waals surface area contributed by atoms with Crippen molar-refractivity contribution in [2.24, 2.45) is 0 Å². The van der Waals surface area contributed by atoms with E-state index in [0.717, 1.165) is 18.7 Å². The van der Waals surface area contributed by atoms with Crippen molar-refractivity contribution in [3.63, 3.8) is 0 Å². The number of nitrogens with one attached hydrogen (secondary N) is 2. The van der Waals surface area contributed by atoms with E-state index in [1.54, 1.807) is 30.5 Å². The van der Waals surface area contributed by atoms with Crippen LogP contribution in [0, 0.1) is 0 Å². The van der Waals surface area contributed by atoms with Crippen LogP contribution in [0.5, 0.6) is 5.75 Å². The number of ether oxygens (including phenoxy) is 1. The van der Waals surface area contributed by atoms with Crippen molar-refractivity contribution in [2.75, 3.05) is 23.7 Å². The first-order chi connectivity index (χ1) is 10.5. The van der Waals surface area contributed by atoms with E-state index < -0.39 is 10.0 Å². The molecule has 7 heteroatoms. The fourth-order valence-electron chi connectivity index (χ4n) is 1.78. The van der Waals surface area contributed by atoms with Gasteiger partial charge in [0.05, 0.1) is 23.9 Å². The summed E-state index contributed by atoms with van der Waals surface area (Å²) < 4.78 is 32.0. The Hall–Kier alpha value is -2.28. The molecule has 0 atom stereocenters. The normalized spacial score (nSPS) is 11.0. The molecular formula is C15H19N3O3S. The second-order valence-corrected chi connectivity index (χ2v) is 6.32. The molecule has 2 aromatic rings. The molecule has 0 fully saturated rings. The second kappa shape index (κ2) is 7.13. The predicted molar refractivity (Wildman–Crippen MR) is 86.8 cm³/mol. The Morgan fingerprint density at radius 3 is 2.41 bits per heavy atom. The van der Waals surface area contributed by atoms with Crippen LogP contribution in [0.3, 0.4) is 0 Å². The molecule has 2 N–H and O–H groups in total. The standard InChI is InChI=1S/C15H19N3O3S/c1-3-10-16-12-4-9-15(17-11-12)18-22(19,20)14-7-5-13(21-2)6-8-14/h4-9,11,16H,3,10H2,1-2H3,(H,17,18). The molecule has 6 nitrogen and oxygen atoms in total. The highest BCUT2D eigenvalue weighted by Crippen LogP contribution is 2.18. The zero-order valence-electron chi connectivity index (χ0n) is 12.5. The van der Waals surface area contributed by atoms with Crippen molar-refractivity contribution < 1.29 is 13.2 Å². The summed E-state index contributed by atoms with van der Waals surface area (Å²) in [4.78, 5) is 4.25. The van der Waals surface area contributed by atoms with Gasteiger partial charge in [-0.25, -0.2) is 13.4 Å². The van der Waals surface area contributed by atoms with E-state index >= 15 is 0 Å². The van der Waals surface area contributed by atoms with Gasteiger partial charge >= 0.3 is 0 Å². The Bertz CT molecular complexity index is 698. The van der Waals surface area contributed by atoms with E-state index in [2.05, 4.69) is 21.9 Å². The summed E-state index contributed by atoms with van der Waals surface area (Å²) in [5, 5.41) is 3.18. The van der Waals surface area contributed by atoms with Gasteiger partial charge in [0.1, 0.15) is 11.6 Å². The summed E-state index contributed by atoms with van der Waals surface area (Å²) in [5.41, 5.74) is 0.856. The van der Waals surface area contributed by atoms with Crippen LogP contribution in [0.25, 0.3) is 0 Å². The zero-order valence-corrected chi connectivity index (χ0v) is 13.4. The summed E-state index contributed by atoms with van der Waals surface area (Å²) in [6.07, 6.45) is 2.60. The third kappa shape index (κ3) is 4.11. The number of rotatable bonds is 7. The first-order valence-corrected chi connectivity index (χ1v) is 8.40. The lowest BCUT2D eigenvalue weighted by molar-refractivity contribution is 0.414. The van der Waals surface area contributed by atoms with Gasteiger partial charge in [0.2, 0.25) is 0 Å². The summed E-state index contributed by atoms with van der Waals surface area (Å²) in [7, 11) is -2.13. The number of aromatic nitrogens is 1. The maximum absolute atomic E-state index is 12.3. The number of sulfonamides is 1. The molecule has 0 aliphatic rings. The van der Waals surface area contributed by atoms with Crippen molar-refractivity contribution >= 4 is 21.5 Å². The zero-order chi connectivity index (χ0) is 16.0. The van der Waals surface area contributed by atoms with E-state index in [9.17, 15) is 8.42 Å². The number of benzene rings is 1. The first-order valence-electron chi connectivity index (χ1n) is 6.92. The number of hydrogen-bond donors (Lipinski definition) is 2. The topological polar surface area (TPSA) is 80.3 Å². The van der Waals surface area contributed by atoms with Crippen LogP contribution in [0.2, 0.25) is 0 Å². The van der Waals surface area contributed by atoms with Crippen LogP contribution in [-0.2, 0) is 10.0 Å². The van der Waals surface area contributed by atoms with Crippen molar-refractivity contribution in [2.45, 2.75) is 18.2 Å². The van der Waals surface area contributed by atoms with Crippen LogP contribution in [0.4, 0.5) is 11.5 Å². The van der Waals surface area contributed by atoms with Gasteiger partial charge in [0.15, 0.2) is 0 Å². The second-order valence-electron chi connectivity index (χ2n) is 4.64. The van der Waals surface area contributed by atoms with Gasteiger partial charge in [-0.15, -0.1) is 0 Å². The monoisotopic (exact) mass is 321 g/mol. The summed E-state index contributed by atoms with van der Waals surface area (Å²) in [6.45, 7) is 2.91. The highest BCUT2D eigenvalue weighted by atomic mass is 32.2. The Labute approximate surface area is 130 Å². The highest BCUT2D eigenvalue weighted by Gasteiger charge is 2.14. The van der Waals surface area contributed by atoms with Gasteiger partial charge in [0.25, 0.3) is 10.0 Å². The fourth-order valence-corrected chi connectivity index (χ4v) is 2.79. The maximum Gasteiger partial charge on any atom is 0.263 e. The van der Waals surface area contributed by atoms with E-state index in [1.807, 2.05) is 0 Å². The lowest BCUT2D eigenvalue weighted by Gasteiger charge is -2.09. The number of hydrogen-bond acceptors (Lipinski definition) is 5. The lowest BCUT2D eigenvalue weighted by atomic mass is 10.3. The highest BCUT2D eigenvalue weighted by molar-refractivity contribution is 7.92. The third-order valence-electron chi connectivity index (χ3n) is 2.95. The predicted octanol–water partition coefficient (Wildman–Crippen LogP) is 2.71. The molecule has 0 spiro atoms. The molecule has 22 heavy (non-hydrogen) atoms. The van der Waals surface area contributed by atoms with Gasteiger partial charge in [-0.3, -0.25) is 4.72 Å². The summed E-state index contributed by atoms with van der Waals surface area (Å²) in [6, 6.07) is 9.57. The average Bonchev–Trinajstić information content (AvgIpc) is 2.54. The van der Waals surface area contributed by atoms with E-state index in [4.69, 9.17) is 4.74 Å². The Morgan fingerprint density at radius 1 is 1.14 bits per heavy atom. The number of nitrogens with zero attached hydrogens (tertiary/aromatic N) is 1. The average molecular weight is 321 g/mol. The van der Waals surface area contributed by atoms with Crippen molar-refractivity contribution in [3.8, 4) is 5.75 Å². The van der Waals surface area contributed by atoms with Crippen molar-refractivity contribution in [3.05, 3.63) is 42.6 Å². The van der Waals surface area contributed by atoms with Crippen molar-refractivity contribution in [1.29, 1.82) is 0 Å². The molecule has 0 amide bonds. The minimum Gasteiger partial charge on any atom is -0.497 e. The number of anilines is 2. The van der Waals surface area contributed by atoms with Crippen LogP contribution in [-0.4, -0.2) is 27.1 Å². The lowest BCUT2D eigenvalue weighted by Crippen LogP contribution is -2.14.